The second-order valence-corrected chi connectivity index (χ2v) is 6.57. The van der Waals surface area contributed by atoms with E-state index < -0.39 is 9.84 Å². The quantitative estimate of drug-likeness (QED) is 0.743. The Morgan fingerprint density at radius 1 is 0.952 bits per heavy atom. The molecule has 0 fully saturated rings. The molecule has 0 amide bonds. The molecule has 0 N–H and O–H groups in total. The number of aryl methyl sites for hydroxylation is 1. The minimum absolute atomic E-state index is 0.0785. The molecule has 0 radical (unpaired) electrons. The number of aromatic nitrogens is 1. The zero-order chi connectivity index (χ0) is 14.9. The van der Waals surface area contributed by atoms with Gasteiger partial charge >= 0.3 is 0 Å². The van der Waals surface area contributed by atoms with Crippen LogP contribution in [0.4, 0.5) is 0 Å². The van der Waals surface area contributed by atoms with Crippen molar-refractivity contribution in [3.05, 3.63) is 66.4 Å². The Morgan fingerprint density at radius 3 is 2.29 bits per heavy atom. The van der Waals surface area contributed by atoms with Gasteiger partial charge in [0, 0.05) is 5.56 Å². The van der Waals surface area contributed by atoms with Crippen molar-refractivity contribution >= 4 is 9.84 Å². The summed E-state index contributed by atoms with van der Waals surface area (Å²) < 4.78 is 30.2. The fraction of sp³-hybridized carbons (Fsp3) is 0.0625. The molecule has 1 heterocycles. The molecular formula is C16H13NO3S. The van der Waals surface area contributed by atoms with Crippen LogP contribution in [0, 0.1) is 6.92 Å². The molecular weight excluding hydrogens is 286 g/mol. The van der Waals surface area contributed by atoms with Crippen LogP contribution in [0.2, 0.25) is 0 Å². The molecule has 1 aromatic heterocycles. The van der Waals surface area contributed by atoms with Crippen molar-refractivity contribution in [2.75, 3.05) is 0 Å². The monoisotopic (exact) mass is 299 g/mol. The molecule has 0 aliphatic carbocycles. The predicted molar refractivity (Wildman–Crippen MR) is 78.6 cm³/mol. The summed E-state index contributed by atoms with van der Waals surface area (Å²) in [4.78, 5) is 4.31. The van der Waals surface area contributed by atoms with E-state index in [0.717, 1.165) is 11.1 Å². The Kier molecular flexibility index (Phi) is 3.35. The van der Waals surface area contributed by atoms with Gasteiger partial charge in [-0.05, 0) is 31.2 Å². The van der Waals surface area contributed by atoms with Crippen LogP contribution in [0.5, 0.6) is 0 Å². The van der Waals surface area contributed by atoms with Gasteiger partial charge < -0.3 is 4.42 Å². The van der Waals surface area contributed by atoms with Gasteiger partial charge in [0.1, 0.15) is 6.26 Å². The fourth-order valence-corrected chi connectivity index (χ4v) is 3.05. The molecule has 2 aromatic carbocycles. The maximum Gasteiger partial charge on any atom is 0.227 e. The second-order valence-electron chi connectivity index (χ2n) is 4.67. The molecule has 0 aliphatic rings. The van der Waals surface area contributed by atoms with E-state index in [-0.39, 0.29) is 9.92 Å². The first-order valence-electron chi connectivity index (χ1n) is 6.40. The number of sulfone groups is 1. The van der Waals surface area contributed by atoms with Crippen LogP contribution in [0.3, 0.4) is 0 Å². The highest BCUT2D eigenvalue weighted by Crippen LogP contribution is 2.24. The fourth-order valence-electron chi connectivity index (χ4n) is 1.93. The number of benzene rings is 2. The molecule has 4 nitrogen and oxygen atoms in total. The van der Waals surface area contributed by atoms with Gasteiger partial charge in [0.25, 0.3) is 0 Å². The number of rotatable bonds is 3. The normalized spacial score (nSPS) is 11.5. The Hall–Kier alpha value is -2.40. The van der Waals surface area contributed by atoms with Crippen LogP contribution in [0.1, 0.15) is 5.56 Å². The Labute approximate surface area is 123 Å². The summed E-state index contributed by atoms with van der Waals surface area (Å²) in [6.45, 7) is 1.90. The summed E-state index contributed by atoms with van der Waals surface area (Å²) in [5.41, 5.74) is 1.74. The highest BCUT2D eigenvalue weighted by atomic mass is 32.2. The molecule has 106 valence electrons. The molecule has 3 rings (SSSR count). The maximum atomic E-state index is 12.5. The van der Waals surface area contributed by atoms with Gasteiger partial charge in [-0.3, -0.25) is 0 Å². The second kappa shape index (κ2) is 5.18. The van der Waals surface area contributed by atoms with Crippen molar-refractivity contribution in [1.82, 2.24) is 4.98 Å². The van der Waals surface area contributed by atoms with Crippen LogP contribution >= 0.6 is 0 Å². The van der Waals surface area contributed by atoms with Crippen LogP contribution in [-0.2, 0) is 9.84 Å². The summed E-state index contributed by atoms with van der Waals surface area (Å²) in [5.74, 6) is 0.293. The van der Waals surface area contributed by atoms with E-state index in [1.807, 2.05) is 37.3 Å². The molecule has 0 unspecified atom stereocenters. The Morgan fingerprint density at radius 2 is 1.62 bits per heavy atom. The molecule has 21 heavy (non-hydrogen) atoms. The van der Waals surface area contributed by atoms with Crippen molar-refractivity contribution in [1.29, 1.82) is 0 Å². The van der Waals surface area contributed by atoms with E-state index in [1.165, 1.54) is 6.26 Å². The van der Waals surface area contributed by atoms with Crippen molar-refractivity contribution < 1.29 is 12.8 Å². The van der Waals surface area contributed by atoms with Crippen LogP contribution in [-0.4, -0.2) is 13.4 Å². The summed E-state index contributed by atoms with van der Waals surface area (Å²) in [7, 11) is -3.65. The van der Waals surface area contributed by atoms with E-state index >= 15 is 0 Å². The predicted octanol–water partition coefficient (Wildman–Crippen LogP) is 3.48. The molecule has 0 spiro atoms. The third-order valence-electron chi connectivity index (χ3n) is 3.11. The first kappa shape index (κ1) is 13.6. The SMILES string of the molecule is Cc1ccc(S(=O)(=O)c2coc(-c3ccccc3)n2)cc1. The molecule has 5 heteroatoms. The van der Waals surface area contributed by atoms with Crippen molar-refractivity contribution in [2.45, 2.75) is 16.8 Å². The van der Waals surface area contributed by atoms with Gasteiger partial charge in [0.15, 0.2) is 5.03 Å². The average Bonchev–Trinajstić information content (AvgIpc) is 2.99. The van der Waals surface area contributed by atoms with Gasteiger partial charge in [0.2, 0.25) is 15.7 Å². The standard InChI is InChI=1S/C16H13NO3S/c1-12-7-9-14(10-8-12)21(18,19)15-11-20-16(17-15)13-5-3-2-4-6-13/h2-11H,1H3. The van der Waals surface area contributed by atoms with Crippen molar-refractivity contribution in [3.8, 4) is 11.5 Å². The molecule has 0 saturated carbocycles. The molecule has 0 saturated heterocycles. The molecule has 0 bridgehead atoms. The van der Waals surface area contributed by atoms with Gasteiger partial charge in [-0.25, -0.2) is 8.42 Å². The summed E-state index contributed by atoms with van der Waals surface area (Å²) in [6.07, 6.45) is 1.18. The Balaban J connectivity index is 2.01. The van der Waals surface area contributed by atoms with E-state index in [9.17, 15) is 8.42 Å². The van der Waals surface area contributed by atoms with E-state index in [2.05, 4.69) is 4.98 Å². The summed E-state index contributed by atoms with van der Waals surface area (Å²) >= 11 is 0. The highest BCUT2D eigenvalue weighted by Gasteiger charge is 2.22. The lowest BCUT2D eigenvalue weighted by Crippen LogP contribution is -2.02. The topological polar surface area (TPSA) is 60.2 Å². The largest absolute Gasteiger partial charge is 0.443 e. The number of nitrogens with zero attached hydrogens (tertiary/aromatic N) is 1. The zero-order valence-corrected chi connectivity index (χ0v) is 12.2. The zero-order valence-electron chi connectivity index (χ0n) is 11.4. The van der Waals surface area contributed by atoms with Gasteiger partial charge in [0.05, 0.1) is 4.90 Å². The molecule has 0 atom stereocenters. The van der Waals surface area contributed by atoms with E-state index in [4.69, 9.17) is 4.42 Å². The van der Waals surface area contributed by atoms with Crippen LogP contribution < -0.4 is 0 Å². The van der Waals surface area contributed by atoms with E-state index in [0.29, 0.717) is 5.89 Å². The van der Waals surface area contributed by atoms with Crippen LogP contribution in [0.25, 0.3) is 11.5 Å². The summed E-state index contributed by atoms with van der Waals surface area (Å²) in [5, 5.41) is -0.0785. The lowest BCUT2D eigenvalue weighted by Gasteiger charge is -2.00. The lowest BCUT2D eigenvalue weighted by molar-refractivity contribution is 0.566. The minimum atomic E-state index is -3.65. The van der Waals surface area contributed by atoms with Gasteiger partial charge in [-0.15, -0.1) is 0 Å². The first-order chi connectivity index (χ1) is 10.1. The number of hydrogen-bond donors (Lipinski definition) is 0. The van der Waals surface area contributed by atoms with E-state index in [1.54, 1.807) is 24.3 Å². The minimum Gasteiger partial charge on any atom is -0.443 e. The number of hydrogen-bond acceptors (Lipinski definition) is 4. The smallest absolute Gasteiger partial charge is 0.227 e. The summed E-state index contributed by atoms with van der Waals surface area (Å²) in [6, 6.07) is 15.8. The lowest BCUT2D eigenvalue weighted by atomic mass is 10.2. The third kappa shape index (κ3) is 2.60. The molecule has 3 aromatic rings. The van der Waals surface area contributed by atoms with Gasteiger partial charge in [-0.2, -0.15) is 4.98 Å². The maximum absolute atomic E-state index is 12.5. The number of oxazole rings is 1. The highest BCUT2D eigenvalue weighted by molar-refractivity contribution is 7.91. The van der Waals surface area contributed by atoms with Crippen molar-refractivity contribution in [2.24, 2.45) is 0 Å². The van der Waals surface area contributed by atoms with Crippen molar-refractivity contribution in [3.63, 3.8) is 0 Å². The third-order valence-corrected chi connectivity index (χ3v) is 4.74. The van der Waals surface area contributed by atoms with Crippen LogP contribution in [0.15, 0.2) is 75.2 Å². The molecule has 0 aliphatic heterocycles. The Bertz CT molecular complexity index is 850. The average molecular weight is 299 g/mol. The van der Waals surface area contributed by atoms with Gasteiger partial charge in [-0.1, -0.05) is 35.9 Å². The first-order valence-corrected chi connectivity index (χ1v) is 7.88.